The third-order valence-corrected chi connectivity index (χ3v) is 3.03. The fraction of sp³-hybridized carbons (Fsp3) is 0.0667. The molecule has 92 valence electrons. The Morgan fingerprint density at radius 2 is 1.44 bits per heavy atom. The smallest absolute Gasteiger partial charge is 0.165 e. The zero-order valence-corrected chi connectivity index (χ0v) is 10.7. The van der Waals surface area contributed by atoms with Crippen molar-refractivity contribution in [2.45, 2.75) is 0 Å². The molecule has 0 radical (unpaired) electrons. The summed E-state index contributed by atoms with van der Waals surface area (Å²) in [5, 5.41) is 0. The second kappa shape index (κ2) is 5.71. The lowest BCUT2D eigenvalue weighted by atomic mass is 10.3. The Morgan fingerprint density at radius 1 is 0.833 bits per heavy atom. The molecule has 0 aromatic heterocycles. The SMILES string of the molecule is C1=C[NH+](c2ccccc2)CN1c1ccccc1.[Cl-]. The van der Waals surface area contributed by atoms with Crippen LogP contribution in [0.2, 0.25) is 0 Å². The largest absolute Gasteiger partial charge is 1.00 e. The van der Waals surface area contributed by atoms with Gasteiger partial charge in [-0.05, 0) is 24.3 Å². The van der Waals surface area contributed by atoms with Crippen molar-refractivity contribution < 1.29 is 17.3 Å². The van der Waals surface area contributed by atoms with Gasteiger partial charge in [0.1, 0.15) is 11.9 Å². The zero-order chi connectivity index (χ0) is 11.5. The van der Waals surface area contributed by atoms with Crippen LogP contribution in [-0.2, 0) is 0 Å². The monoisotopic (exact) mass is 258 g/mol. The molecule has 3 rings (SSSR count). The zero-order valence-electron chi connectivity index (χ0n) is 9.96. The maximum absolute atomic E-state index is 2.27. The van der Waals surface area contributed by atoms with Crippen molar-refractivity contribution in [1.82, 2.24) is 0 Å². The molecule has 0 fully saturated rings. The van der Waals surface area contributed by atoms with E-state index in [0.29, 0.717) is 0 Å². The molecule has 3 heteroatoms. The standard InChI is InChI=1S/C15H14N2.ClH/c1-3-7-14(8-4-1)16-11-12-17(13-16)15-9-5-2-6-10-15;/h1-12H,13H2;1H. The van der Waals surface area contributed by atoms with E-state index in [0.717, 1.165) is 6.67 Å². The van der Waals surface area contributed by atoms with Crippen LogP contribution < -0.4 is 22.2 Å². The second-order valence-corrected chi connectivity index (χ2v) is 4.17. The Hall–Kier alpha value is -1.77. The van der Waals surface area contributed by atoms with Crippen LogP contribution in [0.4, 0.5) is 11.4 Å². The third-order valence-electron chi connectivity index (χ3n) is 3.03. The number of quaternary nitrogens is 1. The first-order chi connectivity index (χ1) is 8.43. The van der Waals surface area contributed by atoms with E-state index in [4.69, 9.17) is 0 Å². The number of nitrogens with zero attached hydrogens (tertiary/aromatic N) is 1. The first-order valence-corrected chi connectivity index (χ1v) is 5.84. The van der Waals surface area contributed by atoms with E-state index in [1.54, 1.807) is 0 Å². The minimum absolute atomic E-state index is 0. The highest BCUT2D eigenvalue weighted by molar-refractivity contribution is 5.49. The molecular formula is C15H15ClN2. The number of rotatable bonds is 2. The lowest BCUT2D eigenvalue weighted by molar-refractivity contribution is -0.767. The summed E-state index contributed by atoms with van der Waals surface area (Å²) in [6, 6.07) is 21.0. The first-order valence-electron chi connectivity index (χ1n) is 5.84. The lowest BCUT2D eigenvalue weighted by Crippen LogP contribution is -3.02. The molecule has 2 nitrogen and oxygen atoms in total. The summed E-state index contributed by atoms with van der Waals surface area (Å²) in [5.41, 5.74) is 2.55. The highest BCUT2D eigenvalue weighted by atomic mass is 35.5. The van der Waals surface area contributed by atoms with Crippen molar-refractivity contribution in [2.75, 3.05) is 11.6 Å². The van der Waals surface area contributed by atoms with Crippen LogP contribution in [0.1, 0.15) is 0 Å². The van der Waals surface area contributed by atoms with E-state index in [-0.39, 0.29) is 12.4 Å². The number of para-hydroxylation sites is 2. The van der Waals surface area contributed by atoms with Crippen LogP contribution >= 0.6 is 0 Å². The predicted octanol–water partition coefficient (Wildman–Crippen LogP) is -0.844. The fourth-order valence-corrected chi connectivity index (χ4v) is 2.11. The summed E-state index contributed by atoms with van der Waals surface area (Å²) in [5.74, 6) is 0. The molecule has 2 aromatic carbocycles. The highest BCUT2D eigenvalue weighted by Crippen LogP contribution is 2.14. The van der Waals surface area contributed by atoms with Crippen molar-refractivity contribution in [1.29, 1.82) is 0 Å². The van der Waals surface area contributed by atoms with Crippen molar-refractivity contribution in [3.05, 3.63) is 73.1 Å². The summed E-state index contributed by atoms with van der Waals surface area (Å²) in [6.45, 7) is 0.952. The summed E-state index contributed by atoms with van der Waals surface area (Å²) in [6.07, 6.45) is 4.35. The van der Waals surface area contributed by atoms with Gasteiger partial charge in [0.05, 0.1) is 6.20 Å². The quantitative estimate of drug-likeness (QED) is 0.738. The molecule has 1 unspecified atom stereocenters. The molecule has 1 aliphatic rings. The van der Waals surface area contributed by atoms with E-state index < -0.39 is 0 Å². The minimum Gasteiger partial charge on any atom is -1.00 e. The van der Waals surface area contributed by atoms with E-state index in [1.165, 1.54) is 16.3 Å². The highest BCUT2D eigenvalue weighted by Gasteiger charge is 2.19. The molecule has 2 aromatic rings. The van der Waals surface area contributed by atoms with Crippen LogP contribution in [0.15, 0.2) is 73.1 Å². The minimum atomic E-state index is 0. The Bertz CT molecular complexity index is 463. The van der Waals surface area contributed by atoms with Gasteiger partial charge in [-0.1, -0.05) is 36.4 Å². The Balaban J connectivity index is 0.00000120. The Kier molecular flexibility index (Phi) is 4.03. The number of anilines is 1. The van der Waals surface area contributed by atoms with Gasteiger partial charge in [-0.15, -0.1) is 0 Å². The molecule has 1 aliphatic heterocycles. The van der Waals surface area contributed by atoms with Gasteiger partial charge in [-0.3, -0.25) is 9.80 Å². The van der Waals surface area contributed by atoms with E-state index >= 15 is 0 Å². The number of benzene rings is 2. The van der Waals surface area contributed by atoms with Crippen LogP contribution in [0.5, 0.6) is 0 Å². The van der Waals surface area contributed by atoms with Gasteiger partial charge in [0.2, 0.25) is 0 Å². The van der Waals surface area contributed by atoms with Gasteiger partial charge in [-0.25, -0.2) is 0 Å². The third kappa shape index (κ3) is 2.55. The number of halogens is 1. The number of nitrogens with one attached hydrogen (secondary N) is 1. The molecule has 18 heavy (non-hydrogen) atoms. The molecule has 0 bridgehead atoms. The second-order valence-electron chi connectivity index (χ2n) is 4.17. The van der Waals surface area contributed by atoms with Gasteiger partial charge in [0.25, 0.3) is 0 Å². The Labute approximate surface area is 114 Å². The molecule has 0 amide bonds. The van der Waals surface area contributed by atoms with Gasteiger partial charge < -0.3 is 12.4 Å². The van der Waals surface area contributed by atoms with Gasteiger partial charge in [-0.2, -0.15) is 0 Å². The summed E-state index contributed by atoms with van der Waals surface area (Å²) >= 11 is 0. The molecular weight excluding hydrogens is 244 g/mol. The fourth-order valence-electron chi connectivity index (χ4n) is 2.11. The summed E-state index contributed by atoms with van der Waals surface area (Å²) in [4.78, 5) is 3.64. The average molecular weight is 259 g/mol. The molecule has 0 aliphatic carbocycles. The van der Waals surface area contributed by atoms with E-state index in [2.05, 4.69) is 71.9 Å². The maximum atomic E-state index is 2.27. The molecule has 0 spiro atoms. The molecule has 0 saturated heterocycles. The van der Waals surface area contributed by atoms with Crippen LogP contribution in [-0.4, -0.2) is 6.67 Å². The lowest BCUT2D eigenvalue weighted by Gasteiger charge is -2.16. The normalized spacial score (nSPS) is 17.6. The summed E-state index contributed by atoms with van der Waals surface area (Å²) in [7, 11) is 0. The topological polar surface area (TPSA) is 7.68 Å². The number of hydrogen-bond donors (Lipinski definition) is 1. The van der Waals surface area contributed by atoms with Crippen molar-refractivity contribution >= 4 is 11.4 Å². The van der Waals surface area contributed by atoms with E-state index in [9.17, 15) is 0 Å². The average Bonchev–Trinajstić information content (AvgIpc) is 2.90. The van der Waals surface area contributed by atoms with E-state index in [1.807, 2.05) is 6.07 Å². The molecule has 1 N–H and O–H groups in total. The Morgan fingerprint density at radius 3 is 2.11 bits per heavy atom. The van der Waals surface area contributed by atoms with Crippen molar-refractivity contribution in [3.8, 4) is 0 Å². The summed E-state index contributed by atoms with van der Waals surface area (Å²) < 4.78 is 0. The number of hydrogen-bond acceptors (Lipinski definition) is 1. The van der Waals surface area contributed by atoms with Gasteiger partial charge in [0.15, 0.2) is 6.67 Å². The van der Waals surface area contributed by atoms with Crippen molar-refractivity contribution in [2.24, 2.45) is 0 Å². The molecule has 1 atom stereocenters. The van der Waals surface area contributed by atoms with Gasteiger partial charge in [0, 0.05) is 5.69 Å². The maximum Gasteiger partial charge on any atom is 0.165 e. The van der Waals surface area contributed by atoms with Crippen molar-refractivity contribution in [3.63, 3.8) is 0 Å². The first kappa shape index (κ1) is 12.7. The van der Waals surface area contributed by atoms with Gasteiger partial charge >= 0.3 is 0 Å². The van der Waals surface area contributed by atoms with Crippen LogP contribution in [0.3, 0.4) is 0 Å². The van der Waals surface area contributed by atoms with Crippen LogP contribution in [0, 0.1) is 0 Å². The molecule has 0 saturated carbocycles. The van der Waals surface area contributed by atoms with Crippen LogP contribution in [0.25, 0.3) is 0 Å². The predicted molar refractivity (Wildman–Crippen MR) is 70.0 cm³/mol. The molecule has 1 heterocycles.